The Kier molecular flexibility index (Phi) is 6.27. The van der Waals surface area contributed by atoms with E-state index in [9.17, 15) is 4.79 Å². The van der Waals surface area contributed by atoms with Gasteiger partial charge in [0, 0.05) is 6.42 Å². The van der Waals surface area contributed by atoms with Crippen LogP contribution in [0.2, 0.25) is 0 Å². The molecule has 5 nitrogen and oxygen atoms in total. The summed E-state index contributed by atoms with van der Waals surface area (Å²) >= 11 is 0. The normalized spacial score (nSPS) is 17.4. The molecule has 0 spiro atoms. The molecule has 1 saturated heterocycles. The molecule has 1 aliphatic rings. The Morgan fingerprint density at radius 2 is 1.38 bits per heavy atom. The van der Waals surface area contributed by atoms with Gasteiger partial charge in [0.2, 0.25) is 0 Å². The van der Waals surface area contributed by atoms with Gasteiger partial charge < -0.3 is 9.47 Å². The molecule has 0 aromatic heterocycles. The van der Waals surface area contributed by atoms with E-state index in [1.165, 1.54) is 0 Å². The van der Waals surface area contributed by atoms with Crippen LogP contribution in [0.3, 0.4) is 0 Å². The summed E-state index contributed by atoms with van der Waals surface area (Å²) in [4.78, 5) is 19.1. The van der Waals surface area contributed by atoms with Crippen LogP contribution >= 0.6 is 0 Å². The third-order valence-electron chi connectivity index (χ3n) is 5.92. The summed E-state index contributed by atoms with van der Waals surface area (Å²) in [6.45, 7) is 0. The van der Waals surface area contributed by atoms with E-state index in [4.69, 9.17) is 14.3 Å². The SMILES string of the molecule is COc1ccc(N2OC(C(=O)Oc3ccccc3)CC2c2ccc(-c3ccccc3)cc2)cc1. The van der Waals surface area contributed by atoms with Crippen molar-refractivity contribution in [2.45, 2.75) is 18.6 Å². The Labute approximate surface area is 199 Å². The Morgan fingerprint density at radius 1 is 0.765 bits per heavy atom. The van der Waals surface area contributed by atoms with Crippen LogP contribution in [0, 0.1) is 0 Å². The number of carbonyl (C=O) groups is 1. The van der Waals surface area contributed by atoms with Gasteiger partial charge in [-0.15, -0.1) is 0 Å². The first-order chi connectivity index (χ1) is 16.7. The fraction of sp³-hybridized carbons (Fsp3) is 0.138. The van der Waals surface area contributed by atoms with Gasteiger partial charge in [0.15, 0.2) is 6.10 Å². The van der Waals surface area contributed by atoms with Crippen LogP contribution in [0.4, 0.5) is 5.69 Å². The number of benzene rings is 4. The van der Waals surface area contributed by atoms with E-state index in [0.717, 1.165) is 28.1 Å². The number of carbonyl (C=O) groups excluding carboxylic acids is 1. The van der Waals surface area contributed by atoms with Crippen LogP contribution in [-0.4, -0.2) is 19.2 Å². The van der Waals surface area contributed by atoms with Crippen molar-refractivity contribution in [3.8, 4) is 22.6 Å². The standard InChI is InChI=1S/C29H25NO4/c1-32-25-18-16-24(17-19-25)30-27(20-28(34-30)29(31)33-26-10-6-3-7-11-26)23-14-12-22(13-15-23)21-8-4-2-5-9-21/h2-19,27-28H,20H2,1H3. The first-order valence-electron chi connectivity index (χ1n) is 11.2. The quantitative estimate of drug-likeness (QED) is 0.257. The summed E-state index contributed by atoms with van der Waals surface area (Å²) in [5.41, 5.74) is 4.20. The molecule has 0 aliphatic carbocycles. The molecule has 0 saturated carbocycles. The van der Waals surface area contributed by atoms with E-state index in [0.29, 0.717) is 12.2 Å². The number of hydrogen-bond donors (Lipinski definition) is 0. The van der Waals surface area contributed by atoms with Gasteiger partial charge in [0.05, 0.1) is 18.8 Å². The Balaban J connectivity index is 1.41. The molecule has 4 aromatic rings. The van der Waals surface area contributed by atoms with Crippen molar-refractivity contribution in [2.75, 3.05) is 12.2 Å². The number of hydrogen-bond acceptors (Lipinski definition) is 5. The number of nitrogens with zero attached hydrogens (tertiary/aromatic N) is 1. The molecule has 34 heavy (non-hydrogen) atoms. The number of anilines is 1. The monoisotopic (exact) mass is 451 g/mol. The molecule has 170 valence electrons. The predicted molar refractivity (Wildman–Crippen MR) is 132 cm³/mol. The molecular formula is C29H25NO4. The lowest BCUT2D eigenvalue weighted by atomic mass is 9.97. The van der Waals surface area contributed by atoms with Crippen molar-refractivity contribution >= 4 is 11.7 Å². The fourth-order valence-electron chi connectivity index (χ4n) is 4.13. The van der Waals surface area contributed by atoms with Gasteiger partial charge in [0.25, 0.3) is 0 Å². The molecule has 1 fully saturated rings. The second-order valence-electron chi connectivity index (χ2n) is 8.09. The summed E-state index contributed by atoms with van der Waals surface area (Å²) in [5, 5.41) is 1.80. The van der Waals surface area contributed by atoms with Crippen molar-refractivity contribution < 1.29 is 19.1 Å². The summed E-state index contributed by atoms with van der Waals surface area (Å²) in [5.74, 6) is 0.850. The Bertz CT molecular complexity index is 1220. The topological polar surface area (TPSA) is 48.0 Å². The first-order valence-corrected chi connectivity index (χ1v) is 11.2. The average molecular weight is 452 g/mol. The van der Waals surface area contributed by atoms with Crippen molar-refractivity contribution in [1.29, 1.82) is 0 Å². The lowest BCUT2D eigenvalue weighted by Gasteiger charge is -2.25. The van der Waals surface area contributed by atoms with E-state index < -0.39 is 12.1 Å². The van der Waals surface area contributed by atoms with Gasteiger partial charge in [0.1, 0.15) is 11.5 Å². The van der Waals surface area contributed by atoms with Gasteiger partial charge >= 0.3 is 5.97 Å². The zero-order valence-corrected chi connectivity index (χ0v) is 18.8. The highest BCUT2D eigenvalue weighted by Crippen LogP contribution is 2.39. The lowest BCUT2D eigenvalue weighted by molar-refractivity contribution is -0.145. The third kappa shape index (κ3) is 4.65. The van der Waals surface area contributed by atoms with Crippen molar-refractivity contribution in [2.24, 2.45) is 0 Å². The molecule has 2 atom stereocenters. The highest BCUT2D eigenvalue weighted by molar-refractivity contribution is 5.78. The minimum absolute atomic E-state index is 0.147. The number of rotatable bonds is 6. The van der Waals surface area contributed by atoms with E-state index in [1.54, 1.807) is 24.3 Å². The number of methoxy groups -OCH3 is 1. The molecule has 2 unspecified atom stereocenters. The fourth-order valence-corrected chi connectivity index (χ4v) is 4.13. The minimum atomic E-state index is -0.721. The highest BCUT2D eigenvalue weighted by Gasteiger charge is 2.40. The largest absolute Gasteiger partial charge is 0.497 e. The average Bonchev–Trinajstić information content (AvgIpc) is 3.36. The van der Waals surface area contributed by atoms with E-state index >= 15 is 0 Å². The van der Waals surface area contributed by atoms with Crippen LogP contribution < -0.4 is 14.5 Å². The second-order valence-corrected chi connectivity index (χ2v) is 8.09. The zero-order chi connectivity index (χ0) is 23.3. The summed E-state index contributed by atoms with van der Waals surface area (Å²) in [6, 6.07) is 35.2. The molecule has 0 amide bonds. The molecular weight excluding hydrogens is 426 g/mol. The Morgan fingerprint density at radius 3 is 2.03 bits per heavy atom. The summed E-state index contributed by atoms with van der Waals surface area (Å²) in [7, 11) is 1.63. The smallest absolute Gasteiger partial charge is 0.343 e. The predicted octanol–water partition coefficient (Wildman–Crippen LogP) is 6.22. The summed E-state index contributed by atoms with van der Waals surface area (Å²) < 4.78 is 10.9. The molecule has 1 aliphatic heterocycles. The summed E-state index contributed by atoms with van der Waals surface area (Å²) in [6.07, 6.45) is -0.247. The van der Waals surface area contributed by atoms with Crippen molar-refractivity contribution in [3.63, 3.8) is 0 Å². The van der Waals surface area contributed by atoms with Crippen LogP contribution in [0.1, 0.15) is 18.0 Å². The van der Waals surface area contributed by atoms with Gasteiger partial charge in [-0.2, -0.15) is 0 Å². The number of esters is 1. The van der Waals surface area contributed by atoms with E-state index in [1.807, 2.05) is 60.7 Å². The molecule has 0 bridgehead atoms. The van der Waals surface area contributed by atoms with Crippen LogP contribution in [0.15, 0.2) is 109 Å². The zero-order valence-electron chi connectivity index (χ0n) is 18.8. The Hall–Kier alpha value is -4.09. The van der Waals surface area contributed by atoms with E-state index in [-0.39, 0.29) is 6.04 Å². The number of para-hydroxylation sites is 1. The third-order valence-corrected chi connectivity index (χ3v) is 5.92. The first kappa shape index (κ1) is 21.7. The van der Waals surface area contributed by atoms with Crippen molar-refractivity contribution in [3.05, 3.63) is 115 Å². The minimum Gasteiger partial charge on any atom is -0.497 e. The lowest BCUT2D eigenvalue weighted by Crippen LogP contribution is -2.28. The molecule has 0 radical (unpaired) electrons. The van der Waals surface area contributed by atoms with Gasteiger partial charge in [-0.25, -0.2) is 9.86 Å². The maximum Gasteiger partial charge on any atom is 0.343 e. The molecule has 4 aromatic carbocycles. The molecule has 1 heterocycles. The van der Waals surface area contributed by atoms with Crippen LogP contribution in [0.25, 0.3) is 11.1 Å². The molecule has 5 rings (SSSR count). The van der Waals surface area contributed by atoms with E-state index in [2.05, 4.69) is 36.4 Å². The van der Waals surface area contributed by atoms with Gasteiger partial charge in [-0.05, 0) is 53.1 Å². The highest BCUT2D eigenvalue weighted by atomic mass is 16.7. The molecule has 0 N–H and O–H groups in total. The van der Waals surface area contributed by atoms with Crippen LogP contribution in [-0.2, 0) is 9.63 Å². The maximum absolute atomic E-state index is 12.9. The number of ether oxygens (including phenoxy) is 2. The second kappa shape index (κ2) is 9.81. The number of hydroxylamine groups is 1. The van der Waals surface area contributed by atoms with Crippen LogP contribution in [0.5, 0.6) is 11.5 Å². The maximum atomic E-state index is 12.9. The van der Waals surface area contributed by atoms with Gasteiger partial charge in [-0.3, -0.25) is 4.84 Å². The molecule has 5 heteroatoms. The van der Waals surface area contributed by atoms with Gasteiger partial charge in [-0.1, -0.05) is 72.8 Å². The van der Waals surface area contributed by atoms with Crippen molar-refractivity contribution in [1.82, 2.24) is 0 Å².